The van der Waals surface area contributed by atoms with Crippen LogP contribution in [0.1, 0.15) is 10.4 Å². The van der Waals surface area contributed by atoms with Crippen molar-refractivity contribution in [2.24, 2.45) is 0 Å². The third kappa shape index (κ3) is 4.39. The molecule has 0 aliphatic rings. The maximum Gasteiger partial charge on any atom is 0.258 e. The van der Waals surface area contributed by atoms with Gasteiger partial charge in [0, 0.05) is 24.4 Å². The average Bonchev–Trinajstić information content (AvgIpc) is 2.74. The monoisotopic (exact) mass is 363 g/mol. The number of hydrogen-bond donors (Lipinski definition) is 0. The highest BCUT2D eigenvalue weighted by Crippen LogP contribution is 2.25. The molecule has 5 heteroatoms. The van der Waals surface area contributed by atoms with Crippen molar-refractivity contribution in [1.82, 2.24) is 0 Å². The summed E-state index contributed by atoms with van der Waals surface area (Å²) < 4.78 is 16.1. The van der Waals surface area contributed by atoms with E-state index in [1.807, 2.05) is 48.5 Å². The van der Waals surface area contributed by atoms with Crippen molar-refractivity contribution in [2.45, 2.75) is 0 Å². The molecule has 3 aromatic carbocycles. The molecule has 0 saturated heterocycles. The van der Waals surface area contributed by atoms with E-state index < -0.39 is 0 Å². The van der Waals surface area contributed by atoms with E-state index in [0.717, 1.165) is 11.4 Å². The van der Waals surface area contributed by atoms with Crippen molar-refractivity contribution >= 4 is 11.6 Å². The lowest BCUT2D eigenvalue weighted by Crippen LogP contribution is -2.26. The van der Waals surface area contributed by atoms with Gasteiger partial charge in [0.15, 0.2) is 0 Å². The smallest absolute Gasteiger partial charge is 0.258 e. The van der Waals surface area contributed by atoms with Gasteiger partial charge in [-0.15, -0.1) is 0 Å². The van der Waals surface area contributed by atoms with Gasteiger partial charge >= 0.3 is 0 Å². The van der Waals surface area contributed by atoms with Crippen LogP contribution in [0.4, 0.5) is 5.69 Å². The van der Waals surface area contributed by atoms with E-state index in [1.165, 1.54) is 0 Å². The molecule has 3 aromatic rings. The third-order valence-electron chi connectivity index (χ3n) is 4.14. The van der Waals surface area contributed by atoms with Crippen LogP contribution >= 0.6 is 0 Å². The van der Waals surface area contributed by atoms with Crippen LogP contribution in [0.2, 0.25) is 0 Å². The van der Waals surface area contributed by atoms with Crippen LogP contribution < -0.4 is 19.1 Å². The van der Waals surface area contributed by atoms with Crippen LogP contribution in [-0.4, -0.2) is 27.2 Å². The largest absolute Gasteiger partial charge is 0.497 e. The van der Waals surface area contributed by atoms with E-state index in [1.54, 1.807) is 50.4 Å². The second kappa shape index (κ2) is 8.27. The molecule has 0 heterocycles. The lowest BCUT2D eigenvalue weighted by Gasteiger charge is -2.18. The van der Waals surface area contributed by atoms with Gasteiger partial charge in [-0.2, -0.15) is 0 Å². The van der Waals surface area contributed by atoms with Gasteiger partial charge in [0.2, 0.25) is 0 Å². The summed E-state index contributed by atoms with van der Waals surface area (Å²) in [5.41, 5.74) is 1.33. The van der Waals surface area contributed by atoms with E-state index >= 15 is 0 Å². The van der Waals surface area contributed by atoms with Gasteiger partial charge < -0.3 is 19.1 Å². The Kier molecular flexibility index (Phi) is 5.61. The van der Waals surface area contributed by atoms with Gasteiger partial charge in [-0.3, -0.25) is 4.79 Å². The number of ether oxygens (including phenoxy) is 3. The molecule has 138 valence electrons. The summed E-state index contributed by atoms with van der Waals surface area (Å²) in [7, 11) is 4.95. The van der Waals surface area contributed by atoms with Gasteiger partial charge in [0.1, 0.15) is 23.0 Å². The number of carbonyl (C=O) groups excluding carboxylic acids is 1. The van der Waals surface area contributed by atoms with Crippen molar-refractivity contribution in [2.75, 3.05) is 26.2 Å². The number of benzene rings is 3. The summed E-state index contributed by atoms with van der Waals surface area (Å²) in [6.07, 6.45) is 0. The van der Waals surface area contributed by atoms with Crippen LogP contribution in [0.5, 0.6) is 23.0 Å². The Balaban J connectivity index is 1.70. The molecular formula is C22H21NO4. The quantitative estimate of drug-likeness (QED) is 0.633. The molecule has 0 spiro atoms. The van der Waals surface area contributed by atoms with Crippen LogP contribution in [0.25, 0.3) is 0 Å². The fourth-order valence-corrected chi connectivity index (χ4v) is 2.58. The van der Waals surface area contributed by atoms with Gasteiger partial charge in [-0.05, 0) is 60.7 Å². The first-order valence-corrected chi connectivity index (χ1v) is 8.45. The number of hydrogen-bond acceptors (Lipinski definition) is 4. The summed E-state index contributed by atoms with van der Waals surface area (Å²) in [6.45, 7) is 0. The van der Waals surface area contributed by atoms with E-state index in [4.69, 9.17) is 14.2 Å². The molecule has 0 aliphatic carbocycles. The summed E-state index contributed by atoms with van der Waals surface area (Å²) in [4.78, 5) is 14.3. The predicted octanol–water partition coefficient (Wildman–Crippen LogP) is 4.77. The molecule has 0 radical (unpaired) electrons. The molecule has 0 N–H and O–H groups in total. The number of methoxy groups -OCH3 is 2. The Hall–Kier alpha value is -3.47. The minimum Gasteiger partial charge on any atom is -0.497 e. The predicted molar refractivity (Wildman–Crippen MR) is 105 cm³/mol. The van der Waals surface area contributed by atoms with Gasteiger partial charge in [-0.25, -0.2) is 0 Å². The molecule has 0 saturated carbocycles. The molecule has 0 bridgehead atoms. The summed E-state index contributed by atoms with van der Waals surface area (Å²) in [5, 5.41) is 0. The normalized spacial score (nSPS) is 10.2. The zero-order valence-electron chi connectivity index (χ0n) is 15.5. The van der Waals surface area contributed by atoms with E-state index in [9.17, 15) is 4.79 Å². The molecule has 0 aromatic heterocycles. The van der Waals surface area contributed by atoms with Crippen LogP contribution in [0, 0.1) is 0 Å². The molecule has 27 heavy (non-hydrogen) atoms. The third-order valence-corrected chi connectivity index (χ3v) is 4.14. The number of nitrogens with zero attached hydrogens (tertiary/aromatic N) is 1. The Morgan fingerprint density at radius 2 is 1.30 bits per heavy atom. The molecule has 3 rings (SSSR count). The zero-order chi connectivity index (χ0) is 19.2. The lowest BCUT2D eigenvalue weighted by atomic mass is 10.1. The van der Waals surface area contributed by atoms with Crippen molar-refractivity contribution < 1.29 is 19.0 Å². The van der Waals surface area contributed by atoms with Crippen molar-refractivity contribution in [3.05, 3.63) is 78.4 Å². The minimum absolute atomic E-state index is 0.112. The standard InChI is InChI=1S/C22H21NO4/c1-23(17-5-4-6-21(15-17)26-3)22(24)16-7-9-19(10-8-16)27-20-13-11-18(25-2)12-14-20/h4-15H,1-3H3. The first-order chi connectivity index (χ1) is 13.1. The maximum absolute atomic E-state index is 12.7. The highest BCUT2D eigenvalue weighted by atomic mass is 16.5. The van der Waals surface area contributed by atoms with Crippen LogP contribution in [0.3, 0.4) is 0 Å². The Bertz CT molecular complexity index is 904. The number of amides is 1. The lowest BCUT2D eigenvalue weighted by molar-refractivity contribution is 0.0993. The highest BCUT2D eigenvalue weighted by molar-refractivity contribution is 6.05. The highest BCUT2D eigenvalue weighted by Gasteiger charge is 2.14. The fourth-order valence-electron chi connectivity index (χ4n) is 2.58. The second-order valence-electron chi connectivity index (χ2n) is 5.87. The Morgan fingerprint density at radius 1 is 0.741 bits per heavy atom. The second-order valence-corrected chi connectivity index (χ2v) is 5.87. The van der Waals surface area contributed by atoms with Crippen molar-refractivity contribution in [1.29, 1.82) is 0 Å². The number of carbonyl (C=O) groups is 1. The van der Waals surface area contributed by atoms with Crippen molar-refractivity contribution in [3.8, 4) is 23.0 Å². The maximum atomic E-state index is 12.7. The molecule has 1 amide bonds. The topological polar surface area (TPSA) is 48.0 Å². The average molecular weight is 363 g/mol. The van der Waals surface area contributed by atoms with Gasteiger partial charge in [0.25, 0.3) is 5.91 Å². The summed E-state index contributed by atoms with van der Waals surface area (Å²) in [5.74, 6) is 2.71. The molecule has 0 aliphatic heterocycles. The van der Waals surface area contributed by atoms with Crippen LogP contribution in [-0.2, 0) is 0 Å². The van der Waals surface area contributed by atoms with E-state index in [2.05, 4.69) is 0 Å². The molecule has 5 nitrogen and oxygen atoms in total. The van der Waals surface area contributed by atoms with Crippen LogP contribution in [0.15, 0.2) is 72.8 Å². The molecule has 0 fully saturated rings. The first kappa shape index (κ1) is 18.3. The Labute approximate surface area is 158 Å². The minimum atomic E-state index is -0.112. The number of anilines is 1. The van der Waals surface area contributed by atoms with E-state index in [-0.39, 0.29) is 5.91 Å². The SMILES string of the molecule is COc1ccc(Oc2ccc(C(=O)N(C)c3cccc(OC)c3)cc2)cc1. The Morgan fingerprint density at radius 3 is 1.89 bits per heavy atom. The zero-order valence-corrected chi connectivity index (χ0v) is 15.5. The molecule has 0 atom stereocenters. The fraction of sp³-hybridized carbons (Fsp3) is 0.136. The van der Waals surface area contributed by atoms with Crippen molar-refractivity contribution in [3.63, 3.8) is 0 Å². The first-order valence-electron chi connectivity index (χ1n) is 8.45. The van der Waals surface area contributed by atoms with E-state index in [0.29, 0.717) is 22.8 Å². The number of rotatable bonds is 6. The molecular weight excluding hydrogens is 342 g/mol. The van der Waals surface area contributed by atoms with Gasteiger partial charge in [0.05, 0.1) is 14.2 Å². The van der Waals surface area contributed by atoms with Gasteiger partial charge in [-0.1, -0.05) is 6.07 Å². The summed E-state index contributed by atoms with van der Waals surface area (Å²) in [6, 6.07) is 21.7. The molecule has 0 unspecified atom stereocenters. The summed E-state index contributed by atoms with van der Waals surface area (Å²) >= 11 is 0.